The van der Waals surface area contributed by atoms with Gasteiger partial charge in [-0.3, -0.25) is 14.6 Å². The SMILES string of the molecule is CC(C)(C)c1ccc(CN(Cc2ccc3c(c2)OCO3)Cc2nc(C(=O)NCCCN3CCOCC3)cs2)cc1. The van der Waals surface area contributed by atoms with E-state index in [0.717, 1.165) is 74.4 Å². The summed E-state index contributed by atoms with van der Waals surface area (Å²) < 4.78 is 16.5. The minimum absolute atomic E-state index is 0.107. The average molecular weight is 565 g/mol. The van der Waals surface area contributed by atoms with E-state index in [1.165, 1.54) is 22.5 Å². The van der Waals surface area contributed by atoms with Crippen molar-refractivity contribution in [1.29, 1.82) is 0 Å². The summed E-state index contributed by atoms with van der Waals surface area (Å²) in [5.74, 6) is 1.46. The van der Waals surface area contributed by atoms with E-state index in [4.69, 9.17) is 19.2 Å². The van der Waals surface area contributed by atoms with Crippen LogP contribution in [0, 0.1) is 0 Å². The molecule has 5 rings (SSSR count). The highest BCUT2D eigenvalue weighted by molar-refractivity contribution is 7.09. The molecule has 214 valence electrons. The fourth-order valence-electron chi connectivity index (χ4n) is 4.93. The van der Waals surface area contributed by atoms with Gasteiger partial charge >= 0.3 is 0 Å². The Bertz CT molecular complexity index is 1270. The van der Waals surface area contributed by atoms with Crippen molar-refractivity contribution in [2.24, 2.45) is 0 Å². The predicted octanol–water partition coefficient (Wildman–Crippen LogP) is 4.82. The van der Waals surface area contributed by atoms with E-state index in [9.17, 15) is 4.79 Å². The summed E-state index contributed by atoms with van der Waals surface area (Å²) in [4.78, 5) is 22.2. The lowest BCUT2D eigenvalue weighted by molar-refractivity contribution is 0.0374. The van der Waals surface area contributed by atoms with Crippen molar-refractivity contribution in [2.45, 2.75) is 52.2 Å². The van der Waals surface area contributed by atoms with Crippen molar-refractivity contribution in [3.8, 4) is 11.5 Å². The summed E-state index contributed by atoms with van der Waals surface area (Å²) in [7, 11) is 0. The van der Waals surface area contributed by atoms with Gasteiger partial charge in [0.05, 0.1) is 19.8 Å². The predicted molar refractivity (Wildman–Crippen MR) is 157 cm³/mol. The number of nitrogens with zero attached hydrogens (tertiary/aromatic N) is 3. The van der Waals surface area contributed by atoms with Gasteiger partial charge in [-0.2, -0.15) is 0 Å². The van der Waals surface area contributed by atoms with Gasteiger partial charge in [-0.05, 0) is 47.2 Å². The average Bonchev–Trinajstić information content (AvgIpc) is 3.61. The molecule has 1 fully saturated rings. The number of amides is 1. The Labute approximate surface area is 241 Å². The zero-order chi connectivity index (χ0) is 28.0. The Hall–Kier alpha value is -2.98. The molecule has 0 atom stereocenters. The van der Waals surface area contributed by atoms with Crippen LogP contribution >= 0.6 is 11.3 Å². The molecule has 8 nitrogen and oxygen atoms in total. The first-order valence-corrected chi connectivity index (χ1v) is 14.9. The molecule has 2 aliphatic heterocycles. The van der Waals surface area contributed by atoms with Crippen LogP contribution in [0.4, 0.5) is 0 Å². The smallest absolute Gasteiger partial charge is 0.270 e. The molecular formula is C31H40N4O4S. The summed E-state index contributed by atoms with van der Waals surface area (Å²) in [6, 6.07) is 15.0. The van der Waals surface area contributed by atoms with Gasteiger partial charge in [0, 0.05) is 38.1 Å². The van der Waals surface area contributed by atoms with E-state index in [2.05, 4.69) is 72.3 Å². The first-order chi connectivity index (χ1) is 19.3. The van der Waals surface area contributed by atoms with Crippen molar-refractivity contribution in [1.82, 2.24) is 20.1 Å². The number of rotatable bonds is 11. The quantitative estimate of drug-likeness (QED) is 0.335. The molecule has 2 aliphatic rings. The Morgan fingerprint density at radius 3 is 2.50 bits per heavy atom. The maximum atomic E-state index is 12.8. The number of nitrogens with one attached hydrogen (secondary N) is 1. The van der Waals surface area contributed by atoms with Gasteiger partial charge in [-0.15, -0.1) is 11.3 Å². The molecule has 3 heterocycles. The number of carbonyl (C=O) groups is 1. The second kappa shape index (κ2) is 13.1. The number of ether oxygens (including phenoxy) is 3. The zero-order valence-corrected chi connectivity index (χ0v) is 24.6. The first kappa shape index (κ1) is 28.5. The Morgan fingerprint density at radius 1 is 1.00 bits per heavy atom. The molecular weight excluding hydrogens is 524 g/mol. The minimum atomic E-state index is -0.107. The van der Waals surface area contributed by atoms with Crippen LogP contribution in [0.5, 0.6) is 11.5 Å². The van der Waals surface area contributed by atoms with Gasteiger partial charge in [0.15, 0.2) is 11.5 Å². The van der Waals surface area contributed by atoms with Crippen molar-refractivity contribution < 1.29 is 19.0 Å². The monoisotopic (exact) mass is 564 g/mol. The van der Waals surface area contributed by atoms with Crippen LogP contribution < -0.4 is 14.8 Å². The van der Waals surface area contributed by atoms with Gasteiger partial charge in [-0.1, -0.05) is 51.1 Å². The number of fused-ring (bicyclic) bond motifs is 1. The van der Waals surface area contributed by atoms with E-state index in [1.54, 1.807) is 0 Å². The normalized spacial score (nSPS) is 15.5. The molecule has 0 bridgehead atoms. The van der Waals surface area contributed by atoms with Crippen LogP contribution in [0.3, 0.4) is 0 Å². The lowest BCUT2D eigenvalue weighted by atomic mass is 9.87. The first-order valence-electron chi connectivity index (χ1n) is 14.1. The van der Waals surface area contributed by atoms with Gasteiger partial charge in [0.25, 0.3) is 5.91 Å². The van der Waals surface area contributed by atoms with Crippen LogP contribution in [-0.2, 0) is 29.8 Å². The molecule has 3 aromatic rings. The molecule has 0 saturated carbocycles. The second-order valence-electron chi connectivity index (χ2n) is 11.5. The fraction of sp³-hybridized carbons (Fsp3) is 0.484. The highest BCUT2D eigenvalue weighted by Gasteiger charge is 2.19. The number of hydrogen-bond donors (Lipinski definition) is 1. The summed E-state index contributed by atoms with van der Waals surface area (Å²) in [6.07, 6.45) is 0.917. The number of aromatic nitrogens is 1. The van der Waals surface area contributed by atoms with Crippen molar-refractivity contribution >= 4 is 17.2 Å². The van der Waals surface area contributed by atoms with Crippen molar-refractivity contribution in [3.05, 3.63) is 75.2 Å². The molecule has 2 aromatic carbocycles. The minimum Gasteiger partial charge on any atom is -0.454 e. The molecule has 0 spiro atoms. The Morgan fingerprint density at radius 2 is 1.73 bits per heavy atom. The second-order valence-corrected chi connectivity index (χ2v) is 12.4. The summed E-state index contributed by atoms with van der Waals surface area (Å²) in [5.41, 5.74) is 4.31. The molecule has 0 aliphatic carbocycles. The van der Waals surface area contributed by atoms with Crippen LogP contribution in [0.25, 0.3) is 0 Å². The number of carbonyl (C=O) groups excluding carboxylic acids is 1. The van der Waals surface area contributed by atoms with Crippen LogP contribution in [-0.4, -0.2) is 66.9 Å². The van der Waals surface area contributed by atoms with Crippen LogP contribution in [0.1, 0.15) is 59.4 Å². The Balaban J connectivity index is 1.21. The van der Waals surface area contributed by atoms with Gasteiger partial charge < -0.3 is 19.5 Å². The molecule has 1 amide bonds. The third-order valence-corrected chi connectivity index (χ3v) is 8.09. The molecule has 1 aromatic heterocycles. The molecule has 40 heavy (non-hydrogen) atoms. The van der Waals surface area contributed by atoms with E-state index < -0.39 is 0 Å². The van der Waals surface area contributed by atoms with E-state index >= 15 is 0 Å². The van der Waals surface area contributed by atoms with Crippen molar-refractivity contribution in [3.63, 3.8) is 0 Å². The fourth-order valence-corrected chi connectivity index (χ4v) is 5.75. The molecule has 1 N–H and O–H groups in total. The van der Waals surface area contributed by atoms with Crippen LogP contribution in [0.15, 0.2) is 47.8 Å². The number of thiazole rings is 1. The largest absolute Gasteiger partial charge is 0.454 e. The number of morpholine rings is 1. The molecule has 0 unspecified atom stereocenters. The lowest BCUT2D eigenvalue weighted by Gasteiger charge is -2.26. The van der Waals surface area contributed by atoms with E-state index in [1.807, 2.05) is 11.4 Å². The van der Waals surface area contributed by atoms with E-state index in [-0.39, 0.29) is 18.1 Å². The standard InChI is InChI=1S/C31H40N4O4S/c1-31(2,3)25-8-5-23(6-9-25)18-35(19-24-7-10-27-28(17-24)39-22-38-27)20-29-33-26(21-40-29)30(36)32-11-4-12-34-13-15-37-16-14-34/h5-10,17,21H,4,11-16,18-20,22H2,1-3H3,(H,32,36). The van der Waals surface area contributed by atoms with Crippen molar-refractivity contribution in [2.75, 3.05) is 46.2 Å². The highest BCUT2D eigenvalue weighted by atomic mass is 32.1. The summed E-state index contributed by atoms with van der Waals surface area (Å²) in [5, 5.41) is 5.82. The summed E-state index contributed by atoms with van der Waals surface area (Å²) >= 11 is 1.53. The third kappa shape index (κ3) is 7.81. The summed E-state index contributed by atoms with van der Waals surface area (Å²) in [6.45, 7) is 14.2. The zero-order valence-electron chi connectivity index (χ0n) is 23.8. The Kier molecular flexibility index (Phi) is 9.36. The third-order valence-electron chi connectivity index (χ3n) is 7.25. The number of hydrogen-bond acceptors (Lipinski definition) is 8. The van der Waals surface area contributed by atoms with Gasteiger partial charge in [0.2, 0.25) is 6.79 Å². The maximum absolute atomic E-state index is 12.8. The topological polar surface area (TPSA) is 76.2 Å². The van der Waals surface area contributed by atoms with Gasteiger partial charge in [-0.25, -0.2) is 4.98 Å². The van der Waals surface area contributed by atoms with Gasteiger partial charge in [0.1, 0.15) is 10.7 Å². The maximum Gasteiger partial charge on any atom is 0.270 e. The highest BCUT2D eigenvalue weighted by Crippen LogP contribution is 2.33. The molecule has 1 saturated heterocycles. The van der Waals surface area contributed by atoms with E-state index in [0.29, 0.717) is 18.8 Å². The lowest BCUT2D eigenvalue weighted by Crippen LogP contribution is -2.38. The number of benzene rings is 2. The molecule has 0 radical (unpaired) electrons. The molecule has 9 heteroatoms. The van der Waals surface area contributed by atoms with Crippen LogP contribution in [0.2, 0.25) is 0 Å².